The van der Waals surface area contributed by atoms with Crippen molar-refractivity contribution in [1.82, 2.24) is 4.98 Å². The van der Waals surface area contributed by atoms with Crippen molar-refractivity contribution in [2.45, 2.75) is 13.3 Å². The Morgan fingerprint density at radius 2 is 2.36 bits per heavy atom. The van der Waals surface area contributed by atoms with Crippen molar-refractivity contribution < 1.29 is 0 Å². The molecule has 0 saturated carbocycles. The van der Waals surface area contributed by atoms with Gasteiger partial charge in [-0.15, -0.1) is 11.3 Å². The van der Waals surface area contributed by atoms with Gasteiger partial charge in [-0.05, 0) is 24.9 Å². The van der Waals surface area contributed by atoms with E-state index < -0.39 is 0 Å². The average molecular weight is 224 g/mol. The summed E-state index contributed by atoms with van der Waals surface area (Å²) >= 11 is 3.46. The molecule has 2 aromatic heterocycles. The monoisotopic (exact) mass is 224 g/mol. The molecule has 0 amide bonds. The van der Waals surface area contributed by atoms with Crippen LogP contribution < -0.4 is 5.73 Å². The van der Waals surface area contributed by atoms with E-state index in [1.807, 2.05) is 0 Å². The molecule has 0 aromatic carbocycles. The van der Waals surface area contributed by atoms with Crippen molar-refractivity contribution >= 4 is 22.7 Å². The Bertz CT molecular complexity index is 404. The van der Waals surface area contributed by atoms with Gasteiger partial charge in [0.15, 0.2) is 0 Å². The number of thiophene rings is 1. The third kappa shape index (κ3) is 1.87. The van der Waals surface area contributed by atoms with E-state index in [-0.39, 0.29) is 0 Å². The summed E-state index contributed by atoms with van der Waals surface area (Å²) in [6, 6.07) is 2.11. The van der Waals surface area contributed by atoms with Crippen molar-refractivity contribution in [1.29, 1.82) is 0 Å². The van der Waals surface area contributed by atoms with Gasteiger partial charge in [0.1, 0.15) is 5.01 Å². The summed E-state index contributed by atoms with van der Waals surface area (Å²) in [7, 11) is 0. The predicted molar refractivity (Wildman–Crippen MR) is 62.9 cm³/mol. The molecule has 2 heterocycles. The van der Waals surface area contributed by atoms with Crippen LogP contribution >= 0.6 is 22.7 Å². The lowest BCUT2D eigenvalue weighted by molar-refractivity contribution is 0.927. The normalized spacial score (nSPS) is 10.7. The Morgan fingerprint density at radius 3 is 3.00 bits per heavy atom. The Balaban J connectivity index is 2.33. The van der Waals surface area contributed by atoms with E-state index in [2.05, 4.69) is 28.7 Å². The van der Waals surface area contributed by atoms with E-state index >= 15 is 0 Å². The minimum atomic E-state index is 0.674. The fourth-order valence-corrected chi connectivity index (χ4v) is 2.98. The molecule has 4 heteroatoms. The van der Waals surface area contributed by atoms with Crippen LogP contribution in [-0.4, -0.2) is 11.5 Å². The van der Waals surface area contributed by atoms with Gasteiger partial charge in [0.05, 0.1) is 5.69 Å². The topological polar surface area (TPSA) is 38.9 Å². The molecule has 74 valence electrons. The van der Waals surface area contributed by atoms with Gasteiger partial charge in [-0.25, -0.2) is 4.98 Å². The van der Waals surface area contributed by atoms with Gasteiger partial charge in [0, 0.05) is 22.2 Å². The maximum atomic E-state index is 5.52. The first-order chi connectivity index (χ1) is 6.81. The number of aryl methyl sites for hydroxylation is 1. The van der Waals surface area contributed by atoms with Gasteiger partial charge in [0.25, 0.3) is 0 Å². The molecule has 0 fully saturated rings. The SMILES string of the molecule is Cc1sc(-c2ccsc2)nc1CCN. The second kappa shape index (κ2) is 4.21. The van der Waals surface area contributed by atoms with E-state index in [1.165, 1.54) is 10.4 Å². The minimum Gasteiger partial charge on any atom is -0.330 e. The van der Waals surface area contributed by atoms with Crippen molar-refractivity contribution in [3.63, 3.8) is 0 Å². The zero-order valence-electron chi connectivity index (χ0n) is 7.99. The van der Waals surface area contributed by atoms with Crippen molar-refractivity contribution in [3.8, 4) is 10.6 Å². The summed E-state index contributed by atoms with van der Waals surface area (Å²) in [6.45, 7) is 2.78. The molecule has 2 aromatic rings. The Hall–Kier alpha value is -0.710. The van der Waals surface area contributed by atoms with Gasteiger partial charge >= 0.3 is 0 Å². The highest BCUT2D eigenvalue weighted by molar-refractivity contribution is 7.15. The zero-order chi connectivity index (χ0) is 9.97. The molecular weight excluding hydrogens is 212 g/mol. The van der Waals surface area contributed by atoms with Crippen LogP contribution in [0.5, 0.6) is 0 Å². The van der Waals surface area contributed by atoms with Crippen LogP contribution in [0.4, 0.5) is 0 Å². The molecule has 14 heavy (non-hydrogen) atoms. The summed E-state index contributed by atoms with van der Waals surface area (Å²) in [5.41, 5.74) is 7.90. The second-order valence-electron chi connectivity index (χ2n) is 3.07. The van der Waals surface area contributed by atoms with E-state index in [0.29, 0.717) is 6.54 Å². The van der Waals surface area contributed by atoms with Crippen LogP contribution in [0.2, 0.25) is 0 Å². The second-order valence-corrected chi connectivity index (χ2v) is 5.06. The van der Waals surface area contributed by atoms with E-state index in [9.17, 15) is 0 Å². The molecule has 0 aliphatic rings. The van der Waals surface area contributed by atoms with Crippen LogP contribution in [-0.2, 0) is 6.42 Å². The molecule has 0 spiro atoms. The minimum absolute atomic E-state index is 0.674. The quantitative estimate of drug-likeness (QED) is 0.870. The largest absolute Gasteiger partial charge is 0.330 e. The van der Waals surface area contributed by atoms with Crippen molar-refractivity contribution in [2.24, 2.45) is 5.73 Å². The first-order valence-electron chi connectivity index (χ1n) is 4.50. The fraction of sp³-hybridized carbons (Fsp3) is 0.300. The summed E-state index contributed by atoms with van der Waals surface area (Å²) in [5, 5.41) is 5.33. The molecule has 0 unspecified atom stereocenters. The molecule has 2 N–H and O–H groups in total. The van der Waals surface area contributed by atoms with Gasteiger partial charge in [0.2, 0.25) is 0 Å². The Morgan fingerprint density at radius 1 is 1.50 bits per heavy atom. The maximum Gasteiger partial charge on any atom is 0.124 e. The smallest absolute Gasteiger partial charge is 0.124 e. The van der Waals surface area contributed by atoms with Gasteiger partial charge < -0.3 is 5.73 Å². The highest BCUT2D eigenvalue weighted by Gasteiger charge is 2.08. The fourth-order valence-electron chi connectivity index (χ4n) is 1.31. The number of hydrogen-bond acceptors (Lipinski definition) is 4. The lowest BCUT2D eigenvalue weighted by atomic mass is 10.3. The Labute approximate surface area is 91.4 Å². The molecule has 0 aliphatic carbocycles. The third-order valence-electron chi connectivity index (χ3n) is 2.04. The van der Waals surface area contributed by atoms with E-state index in [0.717, 1.165) is 17.1 Å². The van der Waals surface area contributed by atoms with Crippen molar-refractivity contribution in [2.75, 3.05) is 6.54 Å². The number of thiazole rings is 1. The number of aromatic nitrogens is 1. The van der Waals surface area contributed by atoms with Crippen LogP contribution in [0.25, 0.3) is 10.6 Å². The van der Waals surface area contributed by atoms with E-state index in [1.54, 1.807) is 22.7 Å². The highest BCUT2D eigenvalue weighted by Crippen LogP contribution is 2.29. The highest BCUT2D eigenvalue weighted by atomic mass is 32.1. The van der Waals surface area contributed by atoms with E-state index in [4.69, 9.17) is 5.73 Å². The van der Waals surface area contributed by atoms with Gasteiger partial charge in [-0.2, -0.15) is 11.3 Å². The number of hydrogen-bond donors (Lipinski definition) is 1. The number of rotatable bonds is 3. The summed E-state index contributed by atoms with van der Waals surface area (Å²) in [4.78, 5) is 5.88. The van der Waals surface area contributed by atoms with Gasteiger partial charge in [-0.3, -0.25) is 0 Å². The van der Waals surface area contributed by atoms with Crippen LogP contribution in [0.1, 0.15) is 10.6 Å². The Kier molecular flexibility index (Phi) is 2.96. The molecule has 0 aliphatic heterocycles. The van der Waals surface area contributed by atoms with Crippen LogP contribution in [0.3, 0.4) is 0 Å². The third-order valence-corrected chi connectivity index (χ3v) is 3.79. The first-order valence-corrected chi connectivity index (χ1v) is 6.26. The molecule has 2 nitrogen and oxygen atoms in total. The molecule has 0 bridgehead atoms. The standard InChI is InChI=1S/C10H12N2S2/c1-7-9(2-4-11)12-10(14-7)8-3-5-13-6-8/h3,5-6H,2,4,11H2,1H3. The van der Waals surface area contributed by atoms with Crippen LogP contribution in [0.15, 0.2) is 16.8 Å². The maximum absolute atomic E-state index is 5.52. The van der Waals surface area contributed by atoms with Crippen molar-refractivity contribution in [3.05, 3.63) is 27.4 Å². The molecular formula is C10H12N2S2. The first kappa shape index (κ1) is 9.83. The molecule has 0 saturated heterocycles. The lowest BCUT2D eigenvalue weighted by Crippen LogP contribution is -2.03. The van der Waals surface area contributed by atoms with Crippen LogP contribution in [0, 0.1) is 6.92 Å². The summed E-state index contributed by atoms with van der Waals surface area (Å²) in [5.74, 6) is 0. The number of nitrogens with zero attached hydrogens (tertiary/aromatic N) is 1. The summed E-state index contributed by atoms with van der Waals surface area (Å²) in [6.07, 6.45) is 0.881. The summed E-state index contributed by atoms with van der Waals surface area (Å²) < 4.78 is 0. The lowest BCUT2D eigenvalue weighted by Gasteiger charge is -1.91. The molecule has 0 atom stereocenters. The zero-order valence-corrected chi connectivity index (χ0v) is 9.62. The van der Waals surface area contributed by atoms with Gasteiger partial charge in [-0.1, -0.05) is 0 Å². The molecule has 2 rings (SSSR count). The average Bonchev–Trinajstić information content (AvgIpc) is 2.76. The predicted octanol–water partition coefficient (Wildman–Crippen LogP) is 2.68. The molecule has 0 radical (unpaired) electrons. The number of nitrogens with two attached hydrogens (primary N) is 1.